The van der Waals surface area contributed by atoms with Crippen molar-refractivity contribution in [1.29, 1.82) is 0 Å². The summed E-state index contributed by atoms with van der Waals surface area (Å²) < 4.78 is 3.61. The zero-order chi connectivity index (χ0) is 17.9. The van der Waals surface area contributed by atoms with E-state index >= 15 is 0 Å². The third kappa shape index (κ3) is 3.36. The second-order valence-corrected chi connectivity index (χ2v) is 6.59. The molecule has 2 N–H and O–H groups in total. The SMILES string of the molecule is O=C(N[C@@H]1CC(Cn2ccnc2)C[C@H]1O)c1ccncc1-n1cccn1. The average Bonchev–Trinajstić information content (AvgIpc) is 3.39. The van der Waals surface area contributed by atoms with Gasteiger partial charge in [0.2, 0.25) is 0 Å². The molecule has 1 aliphatic carbocycles. The molecule has 134 valence electrons. The summed E-state index contributed by atoms with van der Waals surface area (Å²) in [6.45, 7) is 0.789. The van der Waals surface area contributed by atoms with E-state index in [2.05, 4.69) is 20.4 Å². The summed E-state index contributed by atoms with van der Waals surface area (Å²) in [5.74, 6) is 0.0674. The number of aliphatic hydroxyl groups is 1. The van der Waals surface area contributed by atoms with Crippen LogP contribution in [0.5, 0.6) is 0 Å². The summed E-state index contributed by atoms with van der Waals surface area (Å²) >= 11 is 0. The van der Waals surface area contributed by atoms with Crippen LogP contribution in [-0.2, 0) is 6.54 Å². The Morgan fingerprint density at radius 1 is 1.23 bits per heavy atom. The normalized spacial score (nSPS) is 22.4. The third-order valence-corrected chi connectivity index (χ3v) is 4.77. The van der Waals surface area contributed by atoms with Crippen LogP contribution >= 0.6 is 0 Å². The van der Waals surface area contributed by atoms with E-state index in [0.29, 0.717) is 23.6 Å². The van der Waals surface area contributed by atoms with Crippen molar-refractivity contribution in [3.8, 4) is 5.69 Å². The Balaban J connectivity index is 1.45. The number of nitrogens with zero attached hydrogens (tertiary/aromatic N) is 5. The highest BCUT2D eigenvalue weighted by molar-refractivity contribution is 5.97. The average molecular weight is 352 g/mol. The molecule has 0 spiro atoms. The molecule has 0 aliphatic heterocycles. The van der Waals surface area contributed by atoms with E-state index < -0.39 is 6.10 Å². The zero-order valence-corrected chi connectivity index (χ0v) is 14.1. The lowest BCUT2D eigenvalue weighted by molar-refractivity contribution is 0.0872. The summed E-state index contributed by atoms with van der Waals surface area (Å²) in [6.07, 6.45) is 12.8. The summed E-state index contributed by atoms with van der Waals surface area (Å²) in [7, 11) is 0. The molecule has 8 heteroatoms. The molecule has 26 heavy (non-hydrogen) atoms. The molecule has 0 saturated heterocycles. The van der Waals surface area contributed by atoms with Gasteiger partial charge in [-0.15, -0.1) is 0 Å². The van der Waals surface area contributed by atoms with Gasteiger partial charge in [0.1, 0.15) is 0 Å². The standard InChI is InChI=1S/C18H20N6O2/c25-17-9-13(11-23-7-5-20-12-23)8-15(17)22-18(26)14-2-4-19-10-16(14)24-6-1-3-21-24/h1-7,10,12-13,15,17,25H,8-9,11H2,(H,22,26)/t13?,15-,17-/m1/s1. The molecule has 0 bridgehead atoms. The van der Waals surface area contributed by atoms with Gasteiger partial charge in [0.05, 0.1) is 35.9 Å². The summed E-state index contributed by atoms with van der Waals surface area (Å²) in [6, 6.07) is 3.18. The number of carbonyl (C=O) groups is 1. The number of aliphatic hydroxyl groups excluding tert-OH is 1. The maximum Gasteiger partial charge on any atom is 0.253 e. The van der Waals surface area contributed by atoms with Crippen LogP contribution in [0.25, 0.3) is 5.69 Å². The number of pyridine rings is 1. The van der Waals surface area contributed by atoms with Gasteiger partial charge in [-0.2, -0.15) is 5.10 Å². The lowest BCUT2D eigenvalue weighted by Crippen LogP contribution is -2.40. The van der Waals surface area contributed by atoms with Crippen molar-refractivity contribution >= 4 is 5.91 Å². The van der Waals surface area contributed by atoms with Crippen LogP contribution in [0.4, 0.5) is 0 Å². The van der Waals surface area contributed by atoms with Gasteiger partial charge in [0.15, 0.2) is 0 Å². The molecule has 1 aliphatic rings. The van der Waals surface area contributed by atoms with Crippen molar-refractivity contribution in [1.82, 2.24) is 29.6 Å². The van der Waals surface area contributed by atoms with Crippen LogP contribution in [0.3, 0.4) is 0 Å². The number of aromatic nitrogens is 5. The topological polar surface area (TPSA) is 97.9 Å². The Kier molecular flexibility index (Phi) is 4.49. The van der Waals surface area contributed by atoms with E-state index in [1.807, 2.05) is 10.8 Å². The number of hydrogen-bond donors (Lipinski definition) is 2. The Labute approximate surface area is 150 Å². The molecule has 3 heterocycles. The van der Waals surface area contributed by atoms with Crippen molar-refractivity contribution in [2.45, 2.75) is 31.5 Å². The molecule has 1 unspecified atom stereocenters. The van der Waals surface area contributed by atoms with E-state index in [4.69, 9.17) is 0 Å². The number of rotatable bonds is 5. The molecule has 4 rings (SSSR count). The Morgan fingerprint density at radius 2 is 2.15 bits per heavy atom. The smallest absolute Gasteiger partial charge is 0.253 e. The first kappa shape index (κ1) is 16.5. The van der Waals surface area contributed by atoms with Gasteiger partial charge >= 0.3 is 0 Å². The molecule has 8 nitrogen and oxygen atoms in total. The Bertz CT molecular complexity index is 862. The fourth-order valence-electron chi connectivity index (χ4n) is 3.53. The maximum absolute atomic E-state index is 12.8. The van der Waals surface area contributed by atoms with E-state index in [9.17, 15) is 9.90 Å². The van der Waals surface area contributed by atoms with Gasteiger partial charge in [-0.1, -0.05) is 0 Å². The fraction of sp³-hybridized carbons (Fsp3) is 0.333. The van der Waals surface area contributed by atoms with Gasteiger partial charge in [0, 0.05) is 37.5 Å². The van der Waals surface area contributed by atoms with Crippen LogP contribution in [0, 0.1) is 5.92 Å². The van der Waals surface area contributed by atoms with Crippen LogP contribution in [0.2, 0.25) is 0 Å². The zero-order valence-electron chi connectivity index (χ0n) is 14.1. The lowest BCUT2D eigenvalue weighted by atomic mass is 10.1. The van der Waals surface area contributed by atoms with E-state index in [0.717, 1.165) is 13.0 Å². The van der Waals surface area contributed by atoms with Gasteiger partial charge in [-0.05, 0) is 30.9 Å². The monoisotopic (exact) mass is 352 g/mol. The Hall–Kier alpha value is -3.00. The highest BCUT2D eigenvalue weighted by Gasteiger charge is 2.34. The molecule has 0 aromatic carbocycles. The molecule has 1 amide bonds. The second-order valence-electron chi connectivity index (χ2n) is 6.59. The highest BCUT2D eigenvalue weighted by Crippen LogP contribution is 2.28. The van der Waals surface area contributed by atoms with Gasteiger partial charge in [-0.3, -0.25) is 9.78 Å². The third-order valence-electron chi connectivity index (χ3n) is 4.77. The Morgan fingerprint density at radius 3 is 2.92 bits per heavy atom. The van der Waals surface area contributed by atoms with Crippen molar-refractivity contribution < 1.29 is 9.90 Å². The molecular formula is C18H20N6O2. The second kappa shape index (κ2) is 7.09. The minimum absolute atomic E-state index is 0.231. The van der Waals surface area contributed by atoms with Crippen LogP contribution in [-0.4, -0.2) is 47.5 Å². The van der Waals surface area contributed by atoms with E-state index in [1.54, 1.807) is 54.1 Å². The minimum atomic E-state index is -0.553. The first-order valence-electron chi connectivity index (χ1n) is 8.59. The summed E-state index contributed by atoms with van der Waals surface area (Å²) in [4.78, 5) is 20.9. The van der Waals surface area contributed by atoms with Crippen molar-refractivity contribution in [2.75, 3.05) is 0 Å². The molecule has 1 saturated carbocycles. The number of imidazole rings is 1. The number of amides is 1. The fourth-order valence-corrected chi connectivity index (χ4v) is 3.53. The highest BCUT2D eigenvalue weighted by atomic mass is 16.3. The molecule has 0 radical (unpaired) electrons. The molecule has 3 aromatic rings. The predicted molar refractivity (Wildman–Crippen MR) is 93.6 cm³/mol. The van der Waals surface area contributed by atoms with E-state index in [1.165, 1.54) is 0 Å². The number of hydrogen-bond acceptors (Lipinski definition) is 5. The van der Waals surface area contributed by atoms with Crippen LogP contribution in [0.15, 0.2) is 55.6 Å². The maximum atomic E-state index is 12.8. The first-order chi connectivity index (χ1) is 12.7. The van der Waals surface area contributed by atoms with Crippen LogP contribution < -0.4 is 5.32 Å². The first-order valence-corrected chi connectivity index (χ1v) is 8.59. The van der Waals surface area contributed by atoms with Crippen molar-refractivity contribution in [3.05, 3.63) is 61.2 Å². The number of nitrogens with one attached hydrogen (secondary N) is 1. The van der Waals surface area contributed by atoms with Crippen molar-refractivity contribution in [3.63, 3.8) is 0 Å². The van der Waals surface area contributed by atoms with Gasteiger partial charge in [0.25, 0.3) is 5.91 Å². The molecular weight excluding hydrogens is 332 g/mol. The van der Waals surface area contributed by atoms with Gasteiger partial charge in [-0.25, -0.2) is 9.67 Å². The quantitative estimate of drug-likeness (QED) is 0.715. The van der Waals surface area contributed by atoms with Gasteiger partial charge < -0.3 is 15.0 Å². The number of carbonyl (C=O) groups excluding carboxylic acids is 1. The minimum Gasteiger partial charge on any atom is -0.391 e. The van der Waals surface area contributed by atoms with E-state index in [-0.39, 0.29) is 11.9 Å². The molecule has 1 fully saturated rings. The molecule has 3 aromatic heterocycles. The predicted octanol–water partition coefficient (Wildman–Crippen LogP) is 1.03. The summed E-state index contributed by atoms with van der Waals surface area (Å²) in [5.41, 5.74) is 1.09. The molecule has 3 atom stereocenters. The summed E-state index contributed by atoms with van der Waals surface area (Å²) in [5, 5.41) is 17.5. The lowest BCUT2D eigenvalue weighted by Gasteiger charge is -2.17. The van der Waals surface area contributed by atoms with Crippen molar-refractivity contribution in [2.24, 2.45) is 5.92 Å². The van der Waals surface area contributed by atoms with Crippen LogP contribution in [0.1, 0.15) is 23.2 Å². The largest absolute Gasteiger partial charge is 0.391 e.